The largest absolute Gasteiger partial charge is 0.481 e. The molecule has 1 aromatic carbocycles. The maximum atomic E-state index is 13.3. The number of rotatable bonds is 6. The first-order chi connectivity index (χ1) is 10.4. The number of aliphatic carboxylic acids is 1. The zero-order valence-electron chi connectivity index (χ0n) is 12.8. The van der Waals surface area contributed by atoms with Crippen LogP contribution < -0.4 is 0 Å². The molecule has 0 aliphatic heterocycles. The summed E-state index contributed by atoms with van der Waals surface area (Å²) in [5.41, 5.74) is 0.914. The Bertz CT molecular complexity index is 683. The first-order valence-corrected chi connectivity index (χ1v) is 7.90. The SMILES string of the molecule is CC(C)c1nc(CCC(=O)O)n(C)c1Sc1cccc(F)c1. The van der Waals surface area contributed by atoms with Crippen molar-refractivity contribution >= 4 is 17.7 Å². The van der Waals surface area contributed by atoms with E-state index in [1.807, 2.05) is 31.5 Å². The van der Waals surface area contributed by atoms with E-state index < -0.39 is 5.97 Å². The van der Waals surface area contributed by atoms with Crippen LogP contribution in [-0.2, 0) is 18.3 Å². The Morgan fingerprint density at radius 2 is 2.18 bits per heavy atom. The number of carboxylic acid groups (broad SMARTS) is 1. The Hall–Kier alpha value is -1.82. The lowest BCUT2D eigenvalue weighted by molar-refractivity contribution is -0.137. The highest BCUT2D eigenvalue weighted by Gasteiger charge is 2.19. The van der Waals surface area contributed by atoms with E-state index in [1.54, 1.807) is 6.07 Å². The van der Waals surface area contributed by atoms with Gasteiger partial charge in [-0.15, -0.1) is 0 Å². The summed E-state index contributed by atoms with van der Waals surface area (Å²) in [4.78, 5) is 16.1. The summed E-state index contributed by atoms with van der Waals surface area (Å²) >= 11 is 1.45. The van der Waals surface area contributed by atoms with Gasteiger partial charge in [-0.05, 0) is 24.1 Å². The van der Waals surface area contributed by atoms with E-state index in [2.05, 4.69) is 4.98 Å². The van der Waals surface area contributed by atoms with E-state index in [0.29, 0.717) is 6.42 Å². The summed E-state index contributed by atoms with van der Waals surface area (Å²) in [6, 6.07) is 6.42. The molecule has 0 amide bonds. The van der Waals surface area contributed by atoms with Gasteiger partial charge in [0.05, 0.1) is 12.1 Å². The molecule has 0 fully saturated rings. The molecule has 2 rings (SSSR count). The summed E-state index contributed by atoms with van der Waals surface area (Å²) in [6.07, 6.45) is 0.432. The third-order valence-electron chi connectivity index (χ3n) is 3.28. The normalized spacial score (nSPS) is 11.1. The lowest BCUT2D eigenvalue weighted by Gasteiger charge is -2.08. The van der Waals surface area contributed by atoms with Gasteiger partial charge in [-0.1, -0.05) is 31.7 Å². The molecule has 1 aromatic heterocycles. The predicted molar refractivity (Wildman–Crippen MR) is 83.8 cm³/mol. The second kappa shape index (κ2) is 6.96. The highest BCUT2D eigenvalue weighted by Crippen LogP contribution is 2.34. The van der Waals surface area contributed by atoms with Gasteiger partial charge in [0.2, 0.25) is 0 Å². The molecule has 0 aliphatic rings. The van der Waals surface area contributed by atoms with Gasteiger partial charge < -0.3 is 9.67 Å². The second-order valence-electron chi connectivity index (χ2n) is 5.39. The van der Waals surface area contributed by atoms with Crippen LogP contribution in [0, 0.1) is 5.82 Å². The Balaban J connectivity index is 2.34. The lowest BCUT2D eigenvalue weighted by atomic mass is 10.1. The number of aromatic nitrogens is 2. The highest BCUT2D eigenvalue weighted by atomic mass is 32.2. The van der Waals surface area contributed by atoms with Crippen molar-refractivity contribution in [3.8, 4) is 0 Å². The van der Waals surface area contributed by atoms with Crippen LogP contribution in [0.25, 0.3) is 0 Å². The second-order valence-corrected chi connectivity index (χ2v) is 6.45. The number of hydrogen-bond donors (Lipinski definition) is 1. The van der Waals surface area contributed by atoms with Crippen molar-refractivity contribution in [2.45, 2.75) is 42.5 Å². The van der Waals surface area contributed by atoms with Crippen LogP contribution in [0.5, 0.6) is 0 Å². The average Bonchev–Trinajstić information content (AvgIpc) is 2.74. The smallest absolute Gasteiger partial charge is 0.303 e. The Kier molecular flexibility index (Phi) is 5.24. The number of imidazole rings is 1. The van der Waals surface area contributed by atoms with Gasteiger partial charge in [-0.25, -0.2) is 9.37 Å². The Labute approximate surface area is 133 Å². The van der Waals surface area contributed by atoms with E-state index in [4.69, 9.17) is 5.11 Å². The fourth-order valence-corrected chi connectivity index (χ4v) is 3.30. The molecule has 1 N–H and O–H groups in total. The van der Waals surface area contributed by atoms with Crippen molar-refractivity contribution in [1.29, 1.82) is 0 Å². The lowest BCUT2D eigenvalue weighted by Crippen LogP contribution is -2.03. The Morgan fingerprint density at radius 1 is 1.45 bits per heavy atom. The molecule has 0 unspecified atom stereocenters. The molecule has 0 saturated carbocycles. The molecule has 0 atom stereocenters. The van der Waals surface area contributed by atoms with Crippen LogP contribution in [-0.4, -0.2) is 20.6 Å². The van der Waals surface area contributed by atoms with Crippen molar-refractivity contribution in [3.05, 3.63) is 41.6 Å². The van der Waals surface area contributed by atoms with Crippen molar-refractivity contribution in [2.75, 3.05) is 0 Å². The summed E-state index contributed by atoms with van der Waals surface area (Å²) in [7, 11) is 1.87. The van der Waals surface area contributed by atoms with E-state index in [0.717, 1.165) is 21.4 Å². The number of carboxylic acids is 1. The Morgan fingerprint density at radius 3 is 2.77 bits per heavy atom. The van der Waals surface area contributed by atoms with Crippen LogP contribution in [0.15, 0.2) is 34.2 Å². The fraction of sp³-hybridized carbons (Fsp3) is 0.375. The number of carbonyl (C=O) groups is 1. The number of halogens is 1. The van der Waals surface area contributed by atoms with Crippen molar-refractivity contribution in [3.63, 3.8) is 0 Å². The van der Waals surface area contributed by atoms with Crippen molar-refractivity contribution < 1.29 is 14.3 Å². The predicted octanol–water partition coefficient (Wildman–Crippen LogP) is 3.85. The van der Waals surface area contributed by atoms with Crippen LogP contribution >= 0.6 is 11.8 Å². The van der Waals surface area contributed by atoms with Gasteiger partial charge in [0.15, 0.2) is 0 Å². The fourth-order valence-electron chi connectivity index (χ4n) is 2.13. The van der Waals surface area contributed by atoms with Crippen LogP contribution in [0.2, 0.25) is 0 Å². The molecule has 0 bridgehead atoms. The monoisotopic (exact) mass is 322 g/mol. The third kappa shape index (κ3) is 3.88. The van der Waals surface area contributed by atoms with Crippen LogP contribution in [0.3, 0.4) is 0 Å². The number of aryl methyl sites for hydroxylation is 1. The minimum absolute atomic E-state index is 0.0481. The first-order valence-electron chi connectivity index (χ1n) is 7.09. The minimum atomic E-state index is -0.839. The van der Waals surface area contributed by atoms with Gasteiger partial charge in [0.25, 0.3) is 0 Å². The molecule has 0 aliphatic carbocycles. The molecule has 6 heteroatoms. The van der Waals surface area contributed by atoms with E-state index >= 15 is 0 Å². The topological polar surface area (TPSA) is 55.1 Å². The van der Waals surface area contributed by atoms with Crippen molar-refractivity contribution in [1.82, 2.24) is 9.55 Å². The minimum Gasteiger partial charge on any atom is -0.481 e. The van der Waals surface area contributed by atoms with Gasteiger partial charge >= 0.3 is 5.97 Å². The highest BCUT2D eigenvalue weighted by molar-refractivity contribution is 7.99. The maximum absolute atomic E-state index is 13.3. The van der Waals surface area contributed by atoms with E-state index in [-0.39, 0.29) is 18.2 Å². The zero-order valence-corrected chi connectivity index (χ0v) is 13.7. The summed E-state index contributed by atoms with van der Waals surface area (Å²) in [6.45, 7) is 4.08. The number of benzene rings is 1. The van der Waals surface area contributed by atoms with Crippen molar-refractivity contribution in [2.24, 2.45) is 7.05 Å². The molecule has 0 saturated heterocycles. The summed E-state index contributed by atoms with van der Waals surface area (Å²) in [5.74, 6) is -0.163. The quantitative estimate of drug-likeness (QED) is 0.877. The molecule has 118 valence electrons. The van der Waals surface area contributed by atoms with Gasteiger partial charge in [-0.3, -0.25) is 4.79 Å². The molecular formula is C16H19FN2O2S. The standard InChI is InChI=1S/C16H19FN2O2S/c1-10(2)15-16(22-12-6-4-5-11(17)9-12)19(3)13(18-15)7-8-14(20)21/h4-6,9-10H,7-8H2,1-3H3,(H,20,21). The molecule has 0 radical (unpaired) electrons. The molecule has 0 spiro atoms. The molecule has 4 nitrogen and oxygen atoms in total. The number of hydrogen-bond acceptors (Lipinski definition) is 3. The van der Waals surface area contributed by atoms with Crippen LogP contribution in [0.1, 0.15) is 37.7 Å². The zero-order chi connectivity index (χ0) is 16.3. The summed E-state index contributed by atoms with van der Waals surface area (Å²) in [5, 5.41) is 9.76. The average molecular weight is 322 g/mol. The van der Waals surface area contributed by atoms with E-state index in [1.165, 1.54) is 23.9 Å². The number of nitrogens with zero attached hydrogens (tertiary/aromatic N) is 2. The molecule has 22 heavy (non-hydrogen) atoms. The molecule has 1 heterocycles. The van der Waals surface area contributed by atoms with Gasteiger partial charge in [-0.2, -0.15) is 0 Å². The summed E-state index contributed by atoms with van der Waals surface area (Å²) < 4.78 is 15.3. The van der Waals surface area contributed by atoms with Crippen LogP contribution in [0.4, 0.5) is 4.39 Å². The maximum Gasteiger partial charge on any atom is 0.303 e. The molecular weight excluding hydrogens is 303 g/mol. The first kappa shape index (κ1) is 16.5. The van der Waals surface area contributed by atoms with Gasteiger partial charge in [0.1, 0.15) is 16.7 Å². The van der Waals surface area contributed by atoms with E-state index in [9.17, 15) is 9.18 Å². The van der Waals surface area contributed by atoms with Gasteiger partial charge in [0, 0.05) is 18.4 Å². The third-order valence-corrected chi connectivity index (χ3v) is 4.45. The molecule has 2 aromatic rings.